The van der Waals surface area contributed by atoms with E-state index in [-0.39, 0.29) is 11.3 Å². The summed E-state index contributed by atoms with van der Waals surface area (Å²) in [6.07, 6.45) is 7.48. The minimum atomic E-state index is -0.0855. The lowest BCUT2D eigenvalue weighted by molar-refractivity contribution is -0.115. The molecule has 2 aromatic heterocycles. The Labute approximate surface area is 179 Å². The SMILES string of the molecule is CC(C)(C)c1cnc(/C=C/c2cnc(NC(=O)Cc3ccc4ccccc4c3)s2)o1. The fourth-order valence-corrected chi connectivity index (χ4v) is 3.72. The lowest BCUT2D eigenvalue weighted by atomic mass is 9.94. The monoisotopic (exact) mass is 417 g/mol. The van der Waals surface area contributed by atoms with Gasteiger partial charge in [-0.05, 0) is 22.4 Å². The second-order valence-corrected chi connectivity index (χ2v) is 9.18. The largest absolute Gasteiger partial charge is 0.441 e. The predicted octanol–water partition coefficient (Wildman–Crippen LogP) is 5.93. The highest BCUT2D eigenvalue weighted by atomic mass is 32.1. The lowest BCUT2D eigenvalue weighted by Crippen LogP contribution is -2.14. The van der Waals surface area contributed by atoms with E-state index >= 15 is 0 Å². The van der Waals surface area contributed by atoms with Gasteiger partial charge in [0.25, 0.3) is 0 Å². The summed E-state index contributed by atoms with van der Waals surface area (Å²) >= 11 is 1.41. The standard InChI is InChI=1S/C24H23N3O2S/c1-24(2,3)20-15-25-22(29-20)11-10-19-14-26-23(30-19)27-21(28)13-16-8-9-17-6-4-5-7-18(17)12-16/h4-12,14-15H,13H2,1-3H3,(H,26,27,28)/b11-10+. The Balaban J connectivity index is 1.37. The average Bonchev–Trinajstić information content (AvgIpc) is 3.35. The second-order valence-electron chi connectivity index (χ2n) is 8.12. The van der Waals surface area contributed by atoms with Crippen molar-refractivity contribution in [2.45, 2.75) is 32.6 Å². The van der Waals surface area contributed by atoms with Crippen LogP contribution in [0.1, 0.15) is 42.9 Å². The molecular formula is C24H23N3O2S. The smallest absolute Gasteiger partial charge is 0.230 e. The summed E-state index contributed by atoms with van der Waals surface area (Å²) in [5, 5.41) is 5.74. The van der Waals surface area contributed by atoms with Gasteiger partial charge in [0.1, 0.15) is 5.76 Å². The number of hydrogen-bond acceptors (Lipinski definition) is 5. The summed E-state index contributed by atoms with van der Waals surface area (Å²) in [5.74, 6) is 1.31. The number of benzene rings is 2. The first-order valence-electron chi connectivity index (χ1n) is 9.74. The van der Waals surface area contributed by atoms with E-state index < -0.39 is 0 Å². The molecule has 5 nitrogen and oxygen atoms in total. The highest BCUT2D eigenvalue weighted by Gasteiger charge is 2.18. The zero-order valence-corrected chi connectivity index (χ0v) is 18.0. The molecule has 0 atom stereocenters. The van der Waals surface area contributed by atoms with Crippen molar-refractivity contribution < 1.29 is 9.21 Å². The molecule has 1 amide bonds. The van der Waals surface area contributed by atoms with Gasteiger partial charge in [-0.1, -0.05) is 74.6 Å². The number of oxazole rings is 1. The van der Waals surface area contributed by atoms with Gasteiger partial charge in [-0.25, -0.2) is 9.97 Å². The molecule has 0 saturated heterocycles. The number of hydrogen-bond donors (Lipinski definition) is 1. The molecule has 2 aromatic carbocycles. The summed E-state index contributed by atoms with van der Waals surface area (Å²) < 4.78 is 5.75. The van der Waals surface area contributed by atoms with Crippen LogP contribution in [0, 0.1) is 0 Å². The Hall–Kier alpha value is -3.25. The van der Waals surface area contributed by atoms with Gasteiger partial charge in [0.05, 0.1) is 12.6 Å². The quantitative estimate of drug-likeness (QED) is 0.437. The number of thiazole rings is 1. The highest BCUT2D eigenvalue weighted by molar-refractivity contribution is 7.16. The van der Waals surface area contributed by atoms with Crippen molar-refractivity contribution in [3.05, 3.63) is 76.9 Å². The third-order valence-electron chi connectivity index (χ3n) is 4.60. The van der Waals surface area contributed by atoms with E-state index in [1.54, 1.807) is 12.4 Å². The van der Waals surface area contributed by atoms with Gasteiger partial charge in [-0.2, -0.15) is 0 Å². The molecule has 4 rings (SSSR count). The topological polar surface area (TPSA) is 68.0 Å². The molecule has 4 aromatic rings. The minimum absolute atomic E-state index is 0.0773. The third-order valence-corrected chi connectivity index (χ3v) is 5.48. The van der Waals surface area contributed by atoms with E-state index in [9.17, 15) is 4.79 Å². The van der Waals surface area contributed by atoms with Crippen LogP contribution in [0.5, 0.6) is 0 Å². The zero-order valence-electron chi connectivity index (χ0n) is 17.2. The normalized spacial score (nSPS) is 12.0. The van der Waals surface area contributed by atoms with Crippen molar-refractivity contribution in [2.75, 3.05) is 5.32 Å². The molecule has 152 valence electrons. The van der Waals surface area contributed by atoms with E-state index in [0.717, 1.165) is 21.6 Å². The van der Waals surface area contributed by atoms with E-state index in [4.69, 9.17) is 4.42 Å². The number of carbonyl (C=O) groups excluding carboxylic acids is 1. The highest BCUT2D eigenvalue weighted by Crippen LogP contribution is 2.25. The van der Waals surface area contributed by atoms with E-state index in [1.165, 1.54) is 16.7 Å². The number of carbonyl (C=O) groups is 1. The fraction of sp³-hybridized carbons (Fsp3) is 0.208. The molecule has 2 heterocycles. The number of fused-ring (bicyclic) bond motifs is 1. The van der Waals surface area contributed by atoms with E-state index in [0.29, 0.717) is 17.4 Å². The molecular weight excluding hydrogens is 394 g/mol. The van der Waals surface area contributed by atoms with Gasteiger partial charge in [-0.15, -0.1) is 0 Å². The third kappa shape index (κ3) is 4.83. The first-order valence-corrected chi connectivity index (χ1v) is 10.6. The first-order chi connectivity index (χ1) is 14.4. The van der Waals surface area contributed by atoms with Crippen molar-refractivity contribution >= 4 is 45.3 Å². The summed E-state index contributed by atoms with van der Waals surface area (Å²) in [6, 6.07) is 14.2. The minimum Gasteiger partial charge on any atom is -0.441 e. The number of anilines is 1. The average molecular weight is 418 g/mol. The van der Waals surface area contributed by atoms with Crippen LogP contribution in [0.2, 0.25) is 0 Å². The van der Waals surface area contributed by atoms with Gasteiger partial charge >= 0.3 is 0 Å². The second kappa shape index (κ2) is 8.24. The fourth-order valence-electron chi connectivity index (χ4n) is 2.98. The molecule has 30 heavy (non-hydrogen) atoms. The molecule has 0 aliphatic rings. The Morgan fingerprint density at radius 1 is 1.07 bits per heavy atom. The van der Waals surface area contributed by atoms with Crippen molar-refractivity contribution in [3.8, 4) is 0 Å². The van der Waals surface area contributed by atoms with Crippen LogP contribution in [-0.4, -0.2) is 15.9 Å². The van der Waals surface area contributed by atoms with Crippen molar-refractivity contribution in [1.82, 2.24) is 9.97 Å². The van der Waals surface area contributed by atoms with Crippen molar-refractivity contribution in [1.29, 1.82) is 0 Å². The maximum Gasteiger partial charge on any atom is 0.230 e. The van der Waals surface area contributed by atoms with Crippen LogP contribution in [0.4, 0.5) is 5.13 Å². The Bertz CT molecular complexity index is 1210. The summed E-state index contributed by atoms with van der Waals surface area (Å²) in [4.78, 5) is 21.9. The number of amides is 1. The Kier molecular flexibility index (Phi) is 5.50. The number of nitrogens with one attached hydrogen (secondary N) is 1. The van der Waals surface area contributed by atoms with Crippen LogP contribution in [-0.2, 0) is 16.6 Å². The van der Waals surface area contributed by atoms with Crippen LogP contribution < -0.4 is 5.32 Å². The van der Waals surface area contributed by atoms with Gasteiger partial charge in [0, 0.05) is 22.6 Å². The molecule has 0 fully saturated rings. The molecule has 0 spiro atoms. The van der Waals surface area contributed by atoms with Gasteiger partial charge < -0.3 is 9.73 Å². The van der Waals surface area contributed by atoms with Gasteiger partial charge in [0.2, 0.25) is 11.8 Å². The van der Waals surface area contributed by atoms with Crippen LogP contribution in [0.15, 0.2) is 59.3 Å². The van der Waals surface area contributed by atoms with Crippen LogP contribution in [0.3, 0.4) is 0 Å². The molecule has 6 heteroatoms. The molecule has 0 unspecified atom stereocenters. The summed E-state index contributed by atoms with van der Waals surface area (Å²) in [5.41, 5.74) is 0.896. The number of rotatable bonds is 5. The summed E-state index contributed by atoms with van der Waals surface area (Å²) in [7, 11) is 0. The molecule has 0 bridgehead atoms. The van der Waals surface area contributed by atoms with Crippen LogP contribution >= 0.6 is 11.3 Å². The molecule has 0 radical (unpaired) electrons. The predicted molar refractivity (Wildman–Crippen MR) is 123 cm³/mol. The number of aromatic nitrogens is 2. The van der Waals surface area contributed by atoms with Crippen molar-refractivity contribution in [2.24, 2.45) is 0 Å². The molecule has 1 N–H and O–H groups in total. The molecule has 0 aliphatic carbocycles. The van der Waals surface area contributed by atoms with Crippen molar-refractivity contribution in [3.63, 3.8) is 0 Å². The van der Waals surface area contributed by atoms with Gasteiger partial charge in [-0.3, -0.25) is 4.79 Å². The maximum absolute atomic E-state index is 12.4. The van der Waals surface area contributed by atoms with Crippen LogP contribution in [0.25, 0.3) is 22.9 Å². The summed E-state index contributed by atoms with van der Waals surface area (Å²) in [6.45, 7) is 6.24. The Morgan fingerprint density at radius 2 is 1.87 bits per heavy atom. The van der Waals surface area contributed by atoms with Gasteiger partial charge in [0.15, 0.2) is 5.13 Å². The maximum atomic E-state index is 12.4. The Morgan fingerprint density at radius 3 is 2.63 bits per heavy atom. The molecule has 0 aliphatic heterocycles. The lowest BCUT2D eigenvalue weighted by Gasteiger charge is -2.12. The first kappa shape index (κ1) is 20.0. The van der Waals surface area contributed by atoms with E-state index in [2.05, 4.69) is 48.2 Å². The molecule has 0 saturated carbocycles. The van der Waals surface area contributed by atoms with E-state index in [1.807, 2.05) is 42.5 Å². The zero-order chi connectivity index (χ0) is 21.1. The number of nitrogens with zero attached hydrogens (tertiary/aromatic N) is 2.